The highest BCUT2D eigenvalue weighted by atomic mass is 32.2. The number of ether oxygens (including phenoxy) is 1. The summed E-state index contributed by atoms with van der Waals surface area (Å²) in [6.07, 6.45) is 0.938. The average molecular weight is 472 g/mol. The molecule has 2 N–H and O–H groups in total. The predicted octanol–water partition coefficient (Wildman–Crippen LogP) is 5.11. The van der Waals surface area contributed by atoms with Crippen molar-refractivity contribution >= 4 is 21.6 Å². The van der Waals surface area contributed by atoms with Crippen LogP contribution < -0.4 is 9.88 Å². The number of nitrogens with two attached hydrogens (primary N) is 1. The highest BCUT2D eigenvalue weighted by molar-refractivity contribution is 7.88. The number of primary sulfonamides is 1. The summed E-state index contributed by atoms with van der Waals surface area (Å²) >= 11 is 0. The van der Waals surface area contributed by atoms with E-state index in [2.05, 4.69) is 5.14 Å². The standard InChI is InChI=1S/C14H8O2.C7H8O.2C2H6.CH5NO2S/c15-13-9-5-1-2-6-10(9)14(16)12-8-4-3-7-11(12)13;1-8-7-5-3-2-4-6-7;2*1-2;1-5(2,3)4/h1-8H;2-6H,1H3;2*1-2H3;1H3,(H2,2,3,4). The van der Waals surface area contributed by atoms with Crippen LogP contribution in [0.4, 0.5) is 0 Å². The van der Waals surface area contributed by atoms with Gasteiger partial charge in [0.1, 0.15) is 5.75 Å². The first-order valence-corrected chi connectivity index (χ1v) is 12.5. The first-order chi connectivity index (χ1) is 15.7. The summed E-state index contributed by atoms with van der Waals surface area (Å²) in [5.41, 5.74) is 2.02. The van der Waals surface area contributed by atoms with Gasteiger partial charge in [0.2, 0.25) is 10.0 Å². The van der Waals surface area contributed by atoms with E-state index in [9.17, 15) is 18.0 Å². The summed E-state index contributed by atoms with van der Waals surface area (Å²) in [6, 6.07) is 23.6. The lowest BCUT2D eigenvalue weighted by atomic mass is 9.84. The Bertz CT molecular complexity index is 997. The van der Waals surface area contributed by atoms with E-state index in [-0.39, 0.29) is 11.6 Å². The maximum atomic E-state index is 12.1. The minimum atomic E-state index is -3.17. The van der Waals surface area contributed by atoms with Gasteiger partial charge >= 0.3 is 0 Å². The van der Waals surface area contributed by atoms with Crippen molar-refractivity contribution in [1.29, 1.82) is 0 Å². The highest BCUT2D eigenvalue weighted by Crippen LogP contribution is 2.26. The number of carbonyl (C=O) groups excluding carboxylic acids is 2. The Balaban J connectivity index is 0.000000508. The van der Waals surface area contributed by atoms with E-state index in [1.807, 2.05) is 58.0 Å². The third-order valence-electron chi connectivity index (χ3n) is 3.81. The molecular weight excluding hydrogens is 438 g/mol. The quantitative estimate of drug-likeness (QED) is 0.415. The van der Waals surface area contributed by atoms with Crippen molar-refractivity contribution in [2.45, 2.75) is 27.7 Å². The highest BCUT2D eigenvalue weighted by Gasteiger charge is 2.28. The molecule has 0 saturated heterocycles. The molecule has 0 atom stereocenters. The van der Waals surface area contributed by atoms with Gasteiger partial charge in [-0.2, -0.15) is 0 Å². The maximum absolute atomic E-state index is 12.1. The van der Waals surface area contributed by atoms with Crippen LogP contribution in [0.5, 0.6) is 5.75 Å². The van der Waals surface area contributed by atoms with Crippen LogP contribution >= 0.6 is 0 Å². The van der Waals surface area contributed by atoms with Crippen LogP contribution in [0.1, 0.15) is 59.5 Å². The molecule has 7 heteroatoms. The van der Waals surface area contributed by atoms with Gasteiger partial charge in [-0.15, -0.1) is 0 Å². The van der Waals surface area contributed by atoms with Gasteiger partial charge in [0.15, 0.2) is 11.6 Å². The molecule has 3 aromatic rings. The van der Waals surface area contributed by atoms with Crippen molar-refractivity contribution in [3.63, 3.8) is 0 Å². The van der Waals surface area contributed by atoms with Crippen molar-refractivity contribution in [3.05, 3.63) is 101 Å². The first-order valence-electron chi connectivity index (χ1n) is 10.6. The van der Waals surface area contributed by atoms with Crippen LogP contribution in [0.2, 0.25) is 0 Å². The summed E-state index contributed by atoms with van der Waals surface area (Å²) in [5, 5.41) is 4.33. The smallest absolute Gasteiger partial charge is 0.206 e. The lowest BCUT2D eigenvalue weighted by Gasteiger charge is -2.16. The summed E-state index contributed by atoms with van der Waals surface area (Å²) in [5.74, 6) is 0.782. The lowest BCUT2D eigenvalue weighted by molar-refractivity contribution is 0.0979. The number of fused-ring (bicyclic) bond motifs is 2. The number of methoxy groups -OCH3 is 1. The number of sulfonamides is 1. The minimum absolute atomic E-state index is 0.0641. The fraction of sp³-hybridized carbons (Fsp3) is 0.231. The van der Waals surface area contributed by atoms with Gasteiger partial charge in [0.25, 0.3) is 0 Å². The Morgan fingerprint density at radius 2 is 0.848 bits per heavy atom. The van der Waals surface area contributed by atoms with Gasteiger partial charge in [0, 0.05) is 22.3 Å². The third-order valence-corrected chi connectivity index (χ3v) is 3.81. The molecule has 0 radical (unpaired) electrons. The van der Waals surface area contributed by atoms with Crippen LogP contribution in [-0.4, -0.2) is 33.3 Å². The molecule has 0 aromatic heterocycles. The summed E-state index contributed by atoms with van der Waals surface area (Å²) in [4.78, 5) is 24.2. The Kier molecular flexibility index (Phi) is 14.0. The molecule has 0 aliphatic heterocycles. The van der Waals surface area contributed by atoms with E-state index < -0.39 is 10.0 Å². The number of ketones is 2. The number of para-hydroxylation sites is 1. The van der Waals surface area contributed by atoms with E-state index >= 15 is 0 Å². The van der Waals surface area contributed by atoms with Crippen molar-refractivity contribution in [3.8, 4) is 5.75 Å². The monoisotopic (exact) mass is 471 g/mol. The topological polar surface area (TPSA) is 104 Å². The van der Waals surface area contributed by atoms with Gasteiger partial charge < -0.3 is 4.74 Å². The number of rotatable bonds is 1. The molecule has 6 nitrogen and oxygen atoms in total. The van der Waals surface area contributed by atoms with Gasteiger partial charge in [-0.25, -0.2) is 13.6 Å². The van der Waals surface area contributed by atoms with E-state index in [0.29, 0.717) is 22.3 Å². The van der Waals surface area contributed by atoms with Crippen molar-refractivity contribution < 1.29 is 22.7 Å². The van der Waals surface area contributed by atoms with Gasteiger partial charge in [-0.05, 0) is 12.1 Å². The predicted molar refractivity (Wildman–Crippen MR) is 134 cm³/mol. The summed E-state index contributed by atoms with van der Waals surface area (Å²) < 4.78 is 23.7. The van der Waals surface area contributed by atoms with Crippen LogP contribution in [0.3, 0.4) is 0 Å². The molecule has 1 aliphatic carbocycles. The average Bonchev–Trinajstić information content (AvgIpc) is 2.85. The molecule has 3 aromatic carbocycles. The molecule has 0 fully saturated rings. The Morgan fingerprint density at radius 3 is 1.06 bits per heavy atom. The fourth-order valence-electron chi connectivity index (χ4n) is 2.60. The second-order valence-corrected chi connectivity index (χ2v) is 7.76. The molecule has 4 rings (SSSR count). The molecule has 178 valence electrons. The summed E-state index contributed by atoms with van der Waals surface area (Å²) in [7, 11) is -1.50. The summed E-state index contributed by atoms with van der Waals surface area (Å²) in [6.45, 7) is 8.00. The molecule has 33 heavy (non-hydrogen) atoms. The lowest BCUT2D eigenvalue weighted by Crippen LogP contribution is -2.20. The van der Waals surface area contributed by atoms with Gasteiger partial charge in [-0.1, -0.05) is 94.4 Å². The second kappa shape index (κ2) is 15.5. The largest absolute Gasteiger partial charge is 0.497 e. The molecule has 0 heterocycles. The molecule has 0 saturated carbocycles. The van der Waals surface area contributed by atoms with Gasteiger partial charge in [-0.3, -0.25) is 9.59 Å². The fourth-order valence-corrected chi connectivity index (χ4v) is 2.60. The zero-order chi connectivity index (χ0) is 25.4. The molecule has 0 amide bonds. The SMILES string of the molecule is CC.CC.COc1ccccc1.CS(N)(=O)=O.O=C1c2ccccc2C(=O)c2ccccc21. The van der Waals surface area contributed by atoms with Crippen LogP contribution in [-0.2, 0) is 10.0 Å². The van der Waals surface area contributed by atoms with Crippen LogP contribution in [0.25, 0.3) is 0 Å². The molecule has 1 aliphatic rings. The van der Waals surface area contributed by atoms with Crippen LogP contribution in [0, 0.1) is 0 Å². The zero-order valence-corrected chi connectivity index (χ0v) is 20.8. The van der Waals surface area contributed by atoms with Gasteiger partial charge in [0.05, 0.1) is 13.4 Å². The van der Waals surface area contributed by atoms with E-state index in [1.165, 1.54) is 0 Å². The van der Waals surface area contributed by atoms with Crippen molar-refractivity contribution in [2.24, 2.45) is 5.14 Å². The maximum Gasteiger partial charge on any atom is 0.206 e. The van der Waals surface area contributed by atoms with E-state index in [0.717, 1.165) is 12.0 Å². The number of hydrogen-bond donors (Lipinski definition) is 1. The molecule has 0 bridgehead atoms. The Labute approximate surface area is 197 Å². The molecule has 0 spiro atoms. The first kappa shape index (κ1) is 29.7. The number of carbonyl (C=O) groups is 2. The number of hydrogen-bond acceptors (Lipinski definition) is 5. The van der Waals surface area contributed by atoms with E-state index in [4.69, 9.17) is 4.74 Å². The minimum Gasteiger partial charge on any atom is -0.497 e. The second-order valence-electron chi connectivity index (χ2n) is 6.10. The molecular formula is C26H33NO5S. The Hall–Kier alpha value is -3.29. The van der Waals surface area contributed by atoms with Crippen molar-refractivity contribution in [2.75, 3.05) is 13.4 Å². The Morgan fingerprint density at radius 1 is 0.606 bits per heavy atom. The zero-order valence-electron chi connectivity index (χ0n) is 20.0. The van der Waals surface area contributed by atoms with Crippen LogP contribution in [0.15, 0.2) is 78.9 Å². The van der Waals surface area contributed by atoms with E-state index in [1.54, 1.807) is 55.6 Å². The number of benzene rings is 3. The molecule has 0 unspecified atom stereocenters. The normalized spacial score (nSPS) is 10.6. The third kappa shape index (κ3) is 10.2. The van der Waals surface area contributed by atoms with Crippen molar-refractivity contribution in [1.82, 2.24) is 0 Å².